The second kappa shape index (κ2) is 12.3. The number of hydrogen-bond donors (Lipinski definition) is 0. The van der Waals surface area contributed by atoms with Gasteiger partial charge in [0.15, 0.2) is 0 Å². The van der Waals surface area contributed by atoms with E-state index in [0.717, 1.165) is 35.1 Å². The highest BCUT2D eigenvalue weighted by molar-refractivity contribution is 5.92. The van der Waals surface area contributed by atoms with Crippen molar-refractivity contribution in [3.63, 3.8) is 0 Å². The van der Waals surface area contributed by atoms with Crippen molar-refractivity contribution >= 4 is 17.5 Å². The summed E-state index contributed by atoms with van der Waals surface area (Å²) in [5.74, 6) is -0.933. The van der Waals surface area contributed by atoms with Crippen molar-refractivity contribution in [2.75, 3.05) is 0 Å². The van der Waals surface area contributed by atoms with Crippen molar-refractivity contribution in [3.8, 4) is 22.9 Å². The normalized spacial score (nSPS) is 14.2. The number of aryl methyl sites for hydroxylation is 1. The molecule has 0 heterocycles. The predicted octanol–water partition coefficient (Wildman–Crippen LogP) is 6.59. The summed E-state index contributed by atoms with van der Waals surface area (Å²) in [6, 6.07) is 24.9. The number of rotatable bonds is 9. The Morgan fingerprint density at radius 3 is 2.16 bits per heavy atom. The van der Waals surface area contributed by atoms with Gasteiger partial charge >= 0.3 is 11.9 Å². The zero-order valence-electron chi connectivity index (χ0n) is 20.4. The molecule has 184 valence electrons. The first-order valence-corrected chi connectivity index (χ1v) is 12.1. The van der Waals surface area contributed by atoms with Crippen LogP contribution in [-0.2, 0) is 20.7 Å². The Morgan fingerprint density at radius 2 is 1.57 bits per heavy atom. The van der Waals surface area contributed by atoms with Crippen LogP contribution < -0.4 is 4.74 Å². The Bertz CT molecular complexity index is 1360. The van der Waals surface area contributed by atoms with Gasteiger partial charge in [0, 0.05) is 6.42 Å². The molecule has 0 amide bonds. The van der Waals surface area contributed by atoms with Crippen LogP contribution in [0.25, 0.3) is 16.7 Å². The third-order valence-corrected chi connectivity index (χ3v) is 5.99. The summed E-state index contributed by atoms with van der Waals surface area (Å²) < 4.78 is 10.7. The molecule has 0 aliphatic heterocycles. The van der Waals surface area contributed by atoms with Crippen molar-refractivity contribution < 1.29 is 19.1 Å². The molecule has 37 heavy (non-hydrogen) atoms. The Kier molecular flexibility index (Phi) is 8.46. The van der Waals surface area contributed by atoms with Crippen LogP contribution in [0, 0.1) is 11.3 Å². The maximum Gasteiger partial charge on any atom is 0.322 e. The van der Waals surface area contributed by atoms with Gasteiger partial charge < -0.3 is 9.47 Å². The summed E-state index contributed by atoms with van der Waals surface area (Å²) in [6.07, 6.45) is 9.05. The average molecular weight is 490 g/mol. The van der Waals surface area contributed by atoms with Crippen LogP contribution in [0.2, 0.25) is 0 Å². The van der Waals surface area contributed by atoms with Gasteiger partial charge in [-0.3, -0.25) is 9.59 Å². The van der Waals surface area contributed by atoms with Gasteiger partial charge in [-0.1, -0.05) is 66.8 Å². The van der Waals surface area contributed by atoms with E-state index >= 15 is 0 Å². The molecule has 0 spiro atoms. The molecule has 5 heteroatoms. The van der Waals surface area contributed by atoms with Crippen LogP contribution in [-0.4, -0.2) is 18.0 Å². The largest absolute Gasteiger partial charge is 0.457 e. The van der Waals surface area contributed by atoms with Crippen LogP contribution in [0.1, 0.15) is 36.0 Å². The third-order valence-electron chi connectivity index (χ3n) is 5.99. The van der Waals surface area contributed by atoms with Gasteiger partial charge in [0.25, 0.3) is 0 Å². The first-order chi connectivity index (χ1) is 18.0. The SMILES string of the molecule is C=CCCc1ccc(-c2ccc(OC(=O)CC(=O)OC3C=CC(c4ccc(C#N)cc4)=CC3)cc2)cc1. The van der Waals surface area contributed by atoms with Gasteiger partial charge in [-0.25, -0.2) is 0 Å². The molecular weight excluding hydrogens is 462 g/mol. The minimum Gasteiger partial charge on any atom is -0.457 e. The minimum atomic E-state index is -0.669. The second-order valence-corrected chi connectivity index (χ2v) is 8.67. The maximum atomic E-state index is 12.3. The lowest BCUT2D eigenvalue weighted by Crippen LogP contribution is -2.21. The Labute approximate surface area is 217 Å². The average Bonchev–Trinajstić information content (AvgIpc) is 2.93. The lowest BCUT2D eigenvalue weighted by Gasteiger charge is -2.17. The van der Waals surface area contributed by atoms with E-state index in [1.165, 1.54) is 5.56 Å². The van der Waals surface area contributed by atoms with E-state index in [9.17, 15) is 9.59 Å². The zero-order valence-corrected chi connectivity index (χ0v) is 20.4. The van der Waals surface area contributed by atoms with Gasteiger partial charge in [-0.2, -0.15) is 5.26 Å². The van der Waals surface area contributed by atoms with Gasteiger partial charge in [-0.05, 0) is 71.0 Å². The van der Waals surface area contributed by atoms with Gasteiger partial charge in [-0.15, -0.1) is 6.58 Å². The van der Waals surface area contributed by atoms with E-state index in [1.807, 2.05) is 42.5 Å². The number of carbonyl (C=O) groups excluding carboxylic acids is 2. The fourth-order valence-corrected chi connectivity index (χ4v) is 3.98. The van der Waals surface area contributed by atoms with Gasteiger partial charge in [0.1, 0.15) is 18.3 Å². The topological polar surface area (TPSA) is 76.4 Å². The highest BCUT2D eigenvalue weighted by Gasteiger charge is 2.18. The molecule has 5 nitrogen and oxygen atoms in total. The van der Waals surface area contributed by atoms with E-state index in [2.05, 4.69) is 36.9 Å². The molecule has 0 radical (unpaired) electrons. The van der Waals surface area contributed by atoms with Crippen LogP contribution in [0.4, 0.5) is 0 Å². The summed E-state index contributed by atoms with van der Waals surface area (Å²) in [7, 11) is 0. The van der Waals surface area contributed by atoms with Gasteiger partial charge in [0.05, 0.1) is 11.6 Å². The molecule has 3 aromatic carbocycles. The van der Waals surface area contributed by atoms with E-state index in [1.54, 1.807) is 30.3 Å². The molecule has 1 aliphatic carbocycles. The number of benzene rings is 3. The lowest BCUT2D eigenvalue weighted by atomic mass is 9.97. The lowest BCUT2D eigenvalue weighted by molar-refractivity contribution is -0.152. The molecule has 1 atom stereocenters. The molecule has 3 aromatic rings. The predicted molar refractivity (Wildman–Crippen MR) is 143 cm³/mol. The van der Waals surface area contributed by atoms with Crippen LogP contribution in [0.5, 0.6) is 5.75 Å². The molecule has 0 saturated heterocycles. The first-order valence-electron chi connectivity index (χ1n) is 12.1. The molecule has 0 fully saturated rings. The molecule has 0 aromatic heterocycles. The quantitative estimate of drug-likeness (QED) is 0.147. The zero-order chi connectivity index (χ0) is 26.0. The number of carbonyl (C=O) groups is 2. The number of allylic oxidation sites excluding steroid dienone is 3. The Hall–Kier alpha value is -4.69. The summed E-state index contributed by atoms with van der Waals surface area (Å²) in [6.45, 7) is 3.75. The molecule has 0 N–H and O–H groups in total. The molecular formula is C32H27NO4. The number of esters is 2. The number of nitriles is 1. The standard InChI is InChI=1S/C32H27NO4/c1-2-3-4-23-5-9-25(10-6-23)27-13-17-29(18-14-27)36-31(34)21-32(35)37-30-19-15-28(16-20-30)26-11-7-24(22-33)8-12-26/h2,5-19,30H,1,3-4,20-21H2. The molecule has 0 saturated carbocycles. The van der Waals surface area contributed by atoms with Crippen molar-refractivity contribution in [1.29, 1.82) is 5.26 Å². The van der Waals surface area contributed by atoms with E-state index in [0.29, 0.717) is 17.7 Å². The second-order valence-electron chi connectivity index (χ2n) is 8.67. The van der Waals surface area contributed by atoms with Crippen LogP contribution in [0.3, 0.4) is 0 Å². The van der Waals surface area contributed by atoms with Crippen LogP contribution in [0.15, 0.2) is 104 Å². The van der Waals surface area contributed by atoms with Gasteiger partial charge in [0.2, 0.25) is 0 Å². The first kappa shape index (κ1) is 25.4. The smallest absolute Gasteiger partial charge is 0.322 e. The van der Waals surface area contributed by atoms with E-state index in [-0.39, 0.29) is 0 Å². The van der Waals surface area contributed by atoms with Crippen molar-refractivity contribution in [2.45, 2.75) is 31.8 Å². The summed E-state index contributed by atoms with van der Waals surface area (Å²) in [5, 5.41) is 8.92. The molecule has 0 bridgehead atoms. The summed E-state index contributed by atoms with van der Waals surface area (Å²) >= 11 is 0. The minimum absolute atomic E-state index is 0.372. The van der Waals surface area contributed by atoms with Crippen molar-refractivity contribution in [2.24, 2.45) is 0 Å². The van der Waals surface area contributed by atoms with Crippen molar-refractivity contribution in [3.05, 3.63) is 120 Å². The molecule has 1 aliphatic rings. The van der Waals surface area contributed by atoms with E-state index in [4.69, 9.17) is 14.7 Å². The summed E-state index contributed by atoms with van der Waals surface area (Å²) in [4.78, 5) is 24.5. The maximum absolute atomic E-state index is 12.3. The monoisotopic (exact) mass is 489 g/mol. The fourth-order valence-electron chi connectivity index (χ4n) is 3.98. The molecule has 1 unspecified atom stereocenters. The molecule has 4 rings (SSSR count). The Balaban J connectivity index is 1.24. The highest BCUT2D eigenvalue weighted by Crippen LogP contribution is 2.25. The third kappa shape index (κ3) is 7.16. The fraction of sp³-hybridized carbons (Fsp3) is 0.156. The van der Waals surface area contributed by atoms with E-state index < -0.39 is 24.5 Å². The van der Waals surface area contributed by atoms with Crippen molar-refractivity contribution in [1.82, 2.24) is 0 Å². The Morgan fingerprint density at radius 1 is 0.919 bits per heavy atom. The number of nitrogens with zero attached hydrogens (tertiary/aromatic N) is 1. The van der Waals surface area contributed by atoms with Crippen LogP contribution >= 0.6 is 0 Å². The number of ether oxygens (including phenoxy) is 2. The highest BCUT2D eigenvalue weighted by atomic mass is 16.6. The number of hydrogen-bond acceptors (Lipinski definition) is 5. The summed E-state index contributed by atoms with van der Waals surface area (Å²) in [5.41, 5.74) is 5.90.